The van der Waals surface area contributed by atoms with E-state index in [0.717, 1.165) is 22.9 Å². The summed E-state index contributed by atoms with van der Waals surface area (Å²) in [5.41, 5.74) is 2.60. The Morgan fingerprint density at radius 3 is 2.81 bits per heavy atom. The highest BCUT2D eigenvalue weighted by Crippen LogP contribution is 2.24. The normalized spacial score (nSPS) is 11.0. The third kappa shape index (κ3) is 2.09. The lowest BCUT2D eigenvalue weighted by atomic mass is 10.2. The van der Waals surface area contributed by atoms with Crippen molar-refractivity contribution in [2.75, 3.05) is 0 Å². The predicted octanol–water partition coefficient (Wildman–Crippen LogP) is 2.49. The largest absolute Gasteiger partial charge is 0.298 e. The smallest absolute Gasteiger partial charge is 0.170 e. The van der Waals surface area contributed by atoms with E-state index in [1.165, 1.54) is 6.20 Å². The van der Waals surface area contributed by atoms with E-state index in [9.17, 15) is 10.1 Å². The monoisotopic (exact) mass is 279 g/mol. The number of rotatable bonds is 3. The Labute approximate surface area is 121 Å². The first-order chi connectivity index (χ1) is 10.1. The molecule has 0 spiro atoms. The van der Waals surface area contributed by atoms with Gasteiger partial charge in [0.2, 0.25) is 0 Å². The van der Waals surface area contributed by atoms with Crippen molar-refractivity contribution < 1.29 is 4.79 Å². The van der Waals surface area contributed by atoms with E-state index < -0.39 is 0 Å². The van der Waals surface area contributed by atoms with Crippen LogP contribution < -0.4 is 0 Å². The summed E-state index contributed by atoms with van der Waals surface area (Å²) in [6, 6.07) is 7.97. The zero-order valence-corrected chi connectivity index (χ0v) is 11.7. The highest BCUT2D eigenvalue weighted by molar-refractivity contribution is 5.86. The maximum Gasteiger partial charge on any atom is 0.170 e. The molecular weight excluding hydrogens is 266 g/mol. The average molecular weight is 279 g/mol. The Hall–Kier alpha value is -2.94. The highest BCUT2D eigenvalue weighted by Gasteiger charge is 2.13. The lowest BCUT2D eigenvalue weighted by molar-refractivity contribution is 0.112. The Morgan fingerprint density at radius 2 is 2.19 bits per heavy atom. The van der Waals surface area contributed by atoms with Crippen molar-refractivity contribution in [2.45, 2.75) is 19.9 Å². The van der Waals surface area contributed by atoms with Gasteiger partial charge in [-0.2, -0.15) is 15.5 Å². The molecule has 0 unspecified atom stereocenters. The molecule has 0 radical (unpaired) electrons. The molecule has 104 valence electrons. The number of carbonyl (C=O) groups excluding carboxylic acids is 1. The number of aldehydes is 1. The molecule has 2 aromatic heterocycles. The zero-order chi connectivity index (χ0) is 15.0. The summed E-state index contributed by atoms with van der Waals surface area (Å²) in [5, 5.41) is 18.5. The molecule has 3 aromatic rings. The third-order valence-corrected chi connectivity index (χ3v) is 3.29. The molecule has 1 aromatic carbocycles. The van der Waals surface area contributed by atoms with Gasteiger partial charge in [-0.3, -0.25) is 9.48 Å². The summed E-state index contributed by atoms with van der Waals surface area (Å²) in [5.74, 6) is 0. The number of hydrogen-bond acceptors (Lipinski definition) is 4. The van der Waals surface area contributed by atoms with E-state index in [2.05, 4.69) is 16.3 Å². The van der Waals surface area contributed by atoms with E-state index in [-0.39, 0.29) is 6.04 Å². The molecular formula is C15H13N5O. The predicted molar refractivity (Wildman–Crippen MR) is 77.3 cm³/mol. The van der Waals surface area contributed by atoms with E-state index in [4.69, 9.17) is 0 Å². The van der Waals surface area contributed by atoms with Gasteiger partial charge < -0.3 is 0 Å². The number of nitriles is 1. The van der Waals surface area contributed by atoms with Gasteiger partial charge in [0.25, 0.3) is 0 Å². The number of benzene rings is 1. The summed E-state index contributed by atoms with van der Waals surface area (Å²) >= 11 is 0. The Kier molecular flexibility index (Phi) is 3.03. The molecule has 0 atom stereocenters. The number of hydrogen-bond donors (Lipinski definition) is 0. The van der Waals surface area contributed by atoms with Crippen molar-refractivity contribution in [3.8, 4) is 11.8 Å². The second-order valence-corrected chi connectivity index (χ2v) is 5.04. The first-order valence-corrected chi connectivity index (χ1v) is 6.56. The van der Waals surface area contributed by atoms with Gasteiger partial charge in [0.05, 0.1) is 23.0 Å². The van der Waals surface area contributed by atoms with Gasteiger partial charge in [-0.15, -0.1) is 0 Å². The number of carbonyl (C=O) groups is 1. The molecule has 0 aliphatic rings. The van der Waals surface area contributed by atoms with Crippen LogP contribution in [0.15, 0.2) is 30.6 Å². The summed E-state index contributed by atoms with van der Waals surface area (Å²) in [4.78, 5) is 10.7. The highest BCUT2D eigenvalue weighted by atomic mass is 16.1. The van der Waals surface area contributed by atoms with Crippen molar-refractivity contribution >= 4 is 17.2 Å². The fraction of sp³-hybridized carbons (Fsp3) is 0.200. The van der Waals surface area contributed by atoms with Gasteiger partial charge in [0.1, 0.15) is 6.07 Å². The molecule has 0 saturated carbocycles. The molecule has 0 amide bonds. The molecule has 21 heavy (non-hydrogen) atoms. The minimum atomic E-state index is 0.173. The molecule has 2 heterocycles. The van der Waals surface area contributed by atoms with Crippen molar-refractivity contribution in [3.63, 3.8) is 0 Å². The SMILES string of the molecule is CC(C)n1nc(C#N)c2cc(-n3cc(C=O)cn3)ccc21. The number of fused-ring (bicyclic) bond motifs is 1. The molecule has 0 bridgehead atoms. The van der Waals surface area contributed by atoms with Crippen LogP contribution in [0.3, 0.4) is 0 Å². The van der Waals surface area contributed by atoms with Crippen LogP contribution in [-0.2, 0) is 0 Å². The molecule has 0 aliphatic carbocycles. The zero-order valence-electron chi connectivity index (χ0n) is 11.7. The van der Waals surface area contributed by atoms with Gasteiger partial charge in [-0.1, -0.05) is 0 Å². The van der Waals surface area contributed by atoms with Crippen molar-refractivity contribution in [3.05, 3.63) is 41.9 Å². The van der Waals surface area contributed by atoms with Crippen LogP contribution in [0.2, 0.25) is 0 Å². The van der Waals surface area contributed by atoms with Crippen LogP contribution >= 0.6 is 0 Å². The standard InChI is InChI=1S/C15H13N5O/c1-10(2)20-15-4-3-12(5-13(15)14(6-16)18-20)19-8-11(9-21)7-17-19/h3-5,7-10H,1-2H3. The number of nitrogens with zero attached hydrogens (tertiary/aromatic N) is 5. The molecule has 0 N–H and O–H groups in total. The van der Waals surface area contributed by atoms with Crippen LogP contribution in [0.1, 0.15) is 35.9 Å². The lowest BCUT2D eigenvalue weighted by Gasteiger charge is -2.07. The minimum absolute atomic E-state index is 0.173. The Balaban J connectivity index is 2.20. The fourth-order valence-corrected chi connectivity index (χ4v) is 2.29. The topological polar surface area (TPSA) is 76.5 Å². The summed E-state index contributed by atoms with van der Waals surface area (Å²) < 4.78 is 3.44. The first-order valence-electron chi connectivity index (χ1n) is 6.56. The Morgan fingerprint density at radius 1 is 1.38 bits per heavy atom. The quantitative estimate of drug-likeness (QED) is 0.690. The van der Waals surface area contributed by atoms with E-state index in [1.54, 1.807) is 10.9 Å². The average Bonchev–Trinajstić information content (AvgIpc) is 3.10. The fourth-order valence-electron chi connectivity index (χ4n) is 2.29. The van der Waals surface area contributed by atoms with Gasteiger partial charge in [-0.25, -0.2) is 4.68 Å². The second kappa shape index (κ2) is 4.87. The van der Waals surface area contributed by atoms with Gasteiger partial charge in [0.15, 0.2) is 12.0 Å². The van der Waals surface area contributed by atoms with Gasteiger partial charge in [0, 0.05) is 17.6 Å². The van der Waals surface area contributed by atoms with Crippen LogP contribution in [0.5, 0.6) is 0 Å². The van der Waals surface area contributed by atoms with Crippen LogP contribution in [0, 0.1) is 11.3 Å². The lowest BCUT2D eigenvalue weighted by Crippen LogP contribution is -2.02. The van der Waals surface area contributed by atoms with Crippen LogP contribution in [0.4, 0.5) is 0 Å². The second-order valence-electron chi connectivity index (χ2n) is 5.04. The number of aromatic nitrogens is 4. The van der Waals surface area contributed by atoms with Crippen molar-refractivity contribution in [2.24, 2.45) is 0 Å². The van der Waals surface area contributed by atoms with E-state index >= 15 is 0 Å². The summed E-state index contributed by atoms with van der Waals surface area (Å²) in [6.45, 7) is 4.04. The minimum Gasteiger partial charge on any atom is -0.298 e. The maximum atomic E-state index is 10.7. The maximum absolute atomic E-state index is 10.7. The van der Waals surface area contributed by atoms with Crippen LogP contribution in [0.25, 0.3) is 16.6 Å². The molecule has 0 saturated heterocycles. The molecule has 6 nitrogen and oxygen atoms in total. The van der Waals surface area contributed by atoms with Crippen molar-refractivity contribution in [1.29, 1.82) is 5.26 Å². The molecule has 0 aliphatic heterocycles. The molecule has 6 heteroatoms. The molecule has 0 fully saturated rings. The van der Waals surface area contributed by atoms with Crippen molar-refractivity contribution in [1.82, 2.24) is 19.6 Å². The summed E-state index contributed by atoms with van der Waals surface area (Å²) in [7, 11) is 0. The van der Waals surface area contributed by atoms with Gasteiger partial charge >= 0.3 is 0 Å². The van der Waals surface area contributed by atoms with E-state index in [1.807, 2.05) is 36.7 Å². The summed E-state index contributed by atoms with van der Waals surface area (Å²) in [6.07, 6.45) is 3.90. The first kappa shape index (κ1) is 13.1. The van der Waals surface area contributed by atoms with Crippen LogP contribution in [-0.4, -0.2) is 25.8 Å². The van der Waals surface area contributed by atoms with E-state index in [0.29, 0.717) is 11.3 Å². The third-order valence-electron chi connectivity index (χ3n) is 3.29. The molecule has 3 rings (SSSR count). The Bertz CT molecular complexity index is 866. The van der Waals surface area contributed by atoms with Gasteiger partial charge in [-0.05, 0) is 32.0 Å².